The summed E-state index contributed by atoms with van der Waals surface area (Å²) in [4.78, 5) is 0. The molecule has 0 radical (unpaired) electrons. The summed E-state index contributed by atoms with van der Waals surface area (Å²) in [5, 5.41) is 4.21. The lowest BCUT2D eigenvalue weighted by molar-refractivity contribution is 0.344. The summed E-state index contributed by atoms with van der Waals surface area (Å²) in [5.41, 5.74) is 8.34. The topological polar surface area (TPSA) is 60.2 Å². The summed E-state index contributed by atoms with van der Waals surface area (Å²) in [6.45, 7) is 5.42. The number of aryl methyl sites for hydroxylation is 1. The Hall–Kier alpha value is -1.75. The van der Waals surface area contributed by atoms with Crippen molar-refractivity contribution in [1.29, 1.82) is 0 Å². The summed E-state index contributed by atoms with van der Waals surface area (Å²) >= 11 is 1.33. The van der Waals surface area contributed by atoms with Crippen LogP contribution in [0.4, 0.5) is 10.8 Å². The van der Waals surface area contributed by atoms with Gasteiger partial charge in [0.1, 0.15) is 0 Å². The molecule has 2 aromatic rings. The lowest BCUT2D eigenvalue weighted by Crippen LogP contribution is -2.01. The van der Waals surface area contributed by atoms with Crippen LogP contribution in [0.15, 0.2) is 24.3 Å². The number of nitrogens with one attached hydrogen (secondary N) is 1. The van der Waals surface area contributed by atoms with Crippen molar-refractivity contribution in [2.24, 2.45) is 0 Å². The fourth-order valence-corrected chi connectivity index (χ4v) is 2.42. The van der Waals surface area contributed by atoms with Gasteiger partial charge in [0.2, 0.25) is 0 Å². The Balaban J connectivity index is 2.01. The second kappa shape index (κ2) is 6.43. The van der Waals surface area contributed by atoms with Crippen molar-refractivity contribution in [3.63, 3.8) is 0 Å². The third-order valence-corrected chi connectivity index (χ3v) is 3.65. The van der Waals surface area contributed by atoms with Crippen LogP contribution < -0.4 is 15.8 Å². The molecule has 0 unspecified atom stereocenters. The number of anilines is 2. The average Bonchev–Trinajstić information content (AvgIpc) is 2.79. The first-order valence-electron chi connectivity index (χ1n) is 6.44. The van der Waals surface area contributed by atoms with Crippen LogP contribution in [0.5, 0.6) is 5.75 Å². The van der Waals surface area contributed by atoms with Gasteiger partial charge in [-0.1, -0.05) is 31.2 Å². The Labute approximate surface area is 117 Å². The van der Waals surface area contributed by atoms with Crippen molar-refractivity contribution in [3.05, 3.63) is 35.4 Å². The minimum Gasteiger partial charge on any atom is -0.487 e. The normalized spacial score (nSPS) is 10.4. The molecule has 0 atom stereocenters. The number of aromatic nitrogens is 1. The van der Waals surface area contributed by atoms with Crippen molar-refractivity contribution >= 4 is 22.4 Å². The van der Waals surface area contributed by atoms with Crippen molar-refractivity contribution in [2.75, 3.05) is 17.7 Å². The van der Waals surface area contributed by atoms with E-state index >= 15 is 0 Å². The number of nitrogens with zero attached hydrogens (tertiary/aromatic N) is 1. The van der Waals surface area contributed by atoms with Gasteiger partial charge in [0.15, 0.2) is 16.6 Å². The number of hydrogen-bond donors (Lipinski definition) is 2. The van der Waals surface area contributed by atoms with Gasteiger partial charge < -0.3 is 15.8 Å². The van der Waals surface area contributed by atoms with Crippen LogP contribution in [0.1, 0.15) is 25.0 Å². The molecule has 1 aromatic heterocycles. The van der Waals surface area contributed by atoms with Crippen LogP contribution in [-0.4, -0.2) is 11.0 Å². The molecule has 0 saturated heterocycles. The van der Waals surface area contributed by atoms with E-state index in [1.54, 1.807) is 0 Å². The van der Waals surface area contributed by atoms with Crippen LogP contribution in [0, 0.1) is 0 Å². The van der Waals surface area contributed by atoms with E-state index in [1.165, 1.54) is 22.7 Å². The van der Waals surface area contributed by atoms with E-state index in [0.717, 1.165) is 18.0 Å². The third-order valence-electron chi connectivity index (χ3n) is 2.85. The minimum atomic E-state index is 0.454. The van der Waals surface area contributed by atoms with Crippen LogP contribution in [0.3, 0.4) is 0 Å². The summed E-state index contributed by atoms with van der Waals surface area (Å²) < 4.78 is 9.60. The van der Waals surface area contributed by atoms with Crippen LogP contribution in [-0.2, 0) is 13.0 Å². The molecule has 1 aromatic carbocycles. The standard InChI is InChI=1S/C14H19N3OS/c1-3-10-5-7-11(8-6-10)9-16-14-12(18-4-2)13(15)17-19-14/h5-8,16H,3-4,9H2,1-2H3,(H2,15,17). The quantitative estimate of drug-likeness (QED) is 0.850. The molecule has 19 heavy (non-hydrogen) atoms. The molecule has 0 aliphatic carbocycles. The lowest BCUT2D eigenvalue weighted by Gasteiger charge is -2.08. The van der Waals surface area contributed by atoms with E-state index in [9.17, 15) is 0 Å². The molecule has 0 aliphatic rings. The maximum Gasteiger partial charge on any atom is 0.197 e. The molecule has 0 fully saturated rings. The van der Waals surface area contributed by atoms with Gasteiger partial charge in [-0.2, -0.15) is 4.37 Å². The number of rotatable bonds is 6. The van der Waals surface area contributed by atoms with Gasteiger partial charge in [-0.25, -0.2) is 0 Å². The molecule has 0 bridgehead atoms. The molecule has 0 saturated carbocycles. The highest BCUT2D eigenvalue weighted by Gasteiger charge is 2.11. The van der Waals surface area contributed by atoms with E-state index in [2.05, 4.69) is 40.9 Å². The molecule has 0 aliphatic heterocycles. The Morgan fingerprint density at radius 2 is 1.89 bits per heavy atom. The summed E-state index contributed by atoms with van der Waals surface area (Å²) in [6.07, 6.45) is 1.06. The largest absolute Gasteiger partial charge is 0.487 e. The third kappa shape index (κ3) is 3.38. The van der Waals surface area contributed by atoms with Gasteiger partial charge in [-0.3, -0.25) is 0 Å². The Morgan fingerprint density at radius 1 is 1.21 bits per heavy atom. The molecule has 5 heteroatoms. The zero-order chi connectivity index (χ0) is 13.7. The second-order valence-corrected chi connectivity index (χ2v) is 4.96. The van der Waals surface area contributed by atoms with E-state index < -0.39 is 0 Å². The molecule has 0 spiro atoms. The zero-order valence-electron chi connectivity index (χ0n) is 11.3. The maximum atomic E-state index is 5.77. The van der Waals surface area contributed by atoms with Crippen LogP contribution in [0.25, 0.3) is 0 Å². The van der Waals surface area contributed by atoms with Gasteiger partial charge in [-0.15, -0.1) is 0 Å². The van der Waals surface area contributed by atoms with Crippen molar-refractivity contribution in [1.82, 2.24) is 4.37 Å². The number of nitrogens with two attached hydrogens (primary N) is 1. The predicted molar refractivity (Wildman–Crippen MR) is 80.8 cm³/mol. The maximum absolute atomic E-state index is 5.77. The number of ether oxygens (including phenoxy) is 1. The zero-order valence-corrected chi connectivity index (χ0v) is 12.1. The fourth-order valence-electron chi connectivity index (χ4n) is 1.77. The first kappa shape index (κ1) is 13.7. The highest BCUT2D eigenvalue weighted by atomic mass is 32.1. The Kier molecular flexibility index (Phi) is 4.63. The minimum absolute atomic E-state index is 0.454. The monoisotopic (exact) mass is 277 g/mol. The van der Waals surface area contributed by atoms with E-state index in [0.29, 0.717) is 18.2 Å². The van der Waals surface area contributed by atoms with Gasteiger partial charge in [0, 0.05) is 6.54 Å². The lowest BCUT2D eigenvalue weighted by atomic mass is 10.1. The first-order chi connectivity index (χ1) is 9.24. The molecule has 2 rings (SSSR count). The second-order valence-electron chi connectivity index (χ2n) is 4.18. The first-order valence-corrected chi connectivity index (χ1v) is 7.21. The summed E-state index contributed by atoms with van der Waals surface area (Å²) in [5.74, 6) is 1.12. The highest BCUT2D eigenvalue weighted by molar-refractivity contribution is 7.11. The predicted octanol–water partition coefficient (Wildman–Crippen LogP) is 3.30. The van der Waals surface area contributed by atoms with Gasteiger partial charge in [-0.05, 0) is 36.0 Å². The molecular weight excluding hydrogens is 258 g/mol. The molecule has 0 amide bonds. The highest BCUT2D eigenvalue weighted by Crippen LogP contribution is 2.35. The average molecular weight is 277 g/mol. The Bertz CT molecular complexity index is 522. The van der Waals surface area contributed by atoms with Crippen molar-refractivity contribution < 1.29 is 4.74 Å². The summed E-state index contributed by atoms with van der Waals surface area (Å²) in [7, 11) is 0. The number of hydrogen-bond acceptors (Lipinski definition) is 5. The molecule has 3 N–H and O–H groups in total. The number of benzene rings is 1. The Morgan fingerprint density at radius 3 is 2.53 bits per heavy atom. The van der Waals surface area contributed by atoms with E-state index in [-0.39, 0.29) is 0 Å². The molecule has 1 heterocycles. The summed E-state index contributed by atoms with van der Waals surface area (Å²) in [6, 6.07) is 8.58. The molecule has 102 valence electrons. The van der Waals surface area contributed by atoms with E-state index in [4.69, 9.17) is 10.5 Å². The SMILES string of the molecule is CCOc1c(N)nsc1NCc1ccc(CC)cc1. The number of nitrogen functional groups attached to an aromatic ring is 1. The van der Waals surface area contributed by atoms with Crippen LogP contribution >= 0.6 is 11.5 Å². The van der Waals surface area contributed by atoms with E-state index in [1.807, 2.05) is 6.92 Å². The smallest absolute Gasteiger partial charge is 0.197 e. The van der Waals surface area contributed by atoms with Crippen molar-refractivity contribution in [3.8, 4) is 5.75 Å². The molecule has 4 nitrogen and oxygen atoms in total. The van der Waals surface area contributed by atoms with Gasteiger partial charge in [0.25, 0.3) is 0 Å². The van der Waals surface area contributed by atoms with Crippen LogP contribution in [0.2, 0.25) is 0 Å². The fraction of sp³-hybridized carbons (Fsp3) is 0.357. The molecular formula is C14H19N3OS. The van der Waals surface area contributed by atoms with Crippen molar-refractivity contribution in [2.45, 2.75) is 26.8 Å². The van der Waals surface area contributed by atoms with Gasteiger partial charge in [0.05, 0.1) is 6.61 Å². The van der Waals surface area contributed by atoms with Gasteiger partial charge >= 0.3 is 0 Å².